The zero-order valence-corrected chi connectivity index (χ0v) is 12.4. The average molecular weight is 272 g/mol. The number of carbonyl (C=O) groups is 1. The van der Waals surface area contributed by atoms with Crippen LogP contribution in [0.5, 0.6) is 0 Å². The van der Waals surface area contributed by atoms with E-state index in [-0.39, 0.29) is 11.4 Å². The highest BCUT2D eigenvalue weighted by Gasteiger charge is 2.17. The zero-order chi connectivity index (χ0) is 14.8. The number of rotatable bonds is 3. The fourth-order valence-corrected chi connectivity index (χ4v) is 1.89. The fraction of sp³-hybridized carbons (Fsp3) is 0.400. The molecule has 0 atom stereocenters. The van der Waals surface area contributed by atoms with Gasteiger partial charge in [0.05, 0.1) is 24.0 Å². The quantitative estimate of drug-likeness (QED) is 0.861. The molecule has 5 heteroatoms. The number of hydrogen-bond acceptors (Lipinski definition) is 3. The SMILES string of the molecule is CN(Cc1cnccn1)C(=O)c1ccn(C(C)(C)C)c1. The average Bonchev–Trinajstić information content (AvgIpc) is 2.88. The van der Waals surface area contributed by atoms with Crippen molar-refractivity contribution in [3.8, 4) is 0 Å². The maximum Gasteiger partial charge on any atom is 0.255 e. The van der Waals surface area contributed by atoms with Crippen molar-refractivity contribution in [1.29, 1.82) is 0 Å². The minimum absolute atomic E-state index is 0.0151. The van der Waals surface area contributed by atoms with Gasteiger partial charge in [-0.25, -0.2) is 0 Å². The molecule has 0 aliphatic rings. The molecule has 0 aliphatic carbocycles. The van der Waals surface area contributed by atoms with Crippen LogP contribution in [0, 0.1) is 0 Å². The topological polar surface area (TPSA) is 51.0 Å². The molecule has 2 aromatic heterocycles. The molecule has 2 rings (SSSR count). The minimum Gasteiger partial charge on any atom is -0.348 e. The summed E-state index contributed by atoms with van der Waals surface area (Å²) < 4.78 is 2.04. The van der Waals surface area contributed by atoms with Crippen LogP contribution in [-0.2, 0) is 12.1 Å². The maximum atomic E-state index is 12.4. The second-order valence-electron chi connectivity index (χ2n) is 5.84. The molecule has 20 heavy (non-hydrogen) atoms. The molecule has 0 aromatic carbocycles. The van der Waals surface area contributed by atoms with Crippen LogP contribution in [0.25, 0.3) is 0 Å². The van der Waals surface area contributed by atoms with Crippen LogP contribution >= 0.6 is 0 Å². The van der Waals surface area contributed by atoms with Gasteiger partial charge in [-0.3, -0.25) is 14.8 Å². The highest BCUT2D eigenvalue weighted by Crippen LogP contribution is 2.16. The van der Waals surface area contributed by atoms with Gasteiger partial charge in [0, 0.05) is 37.4 Å². The van der Waals surface area contributed by atoms with E-state index in [0.717, 1.165) is 5.69 Å². The van der Waals surface area contributed by atoms with Gasteiger partial charge in [-0.15, -0.1) is 0 Å². The first-order valence-electron chi connectivity index (χ1n) is 6.57. The Kier molecular flexibility index (Phi) is 3.88. The highest BCUT2D eigenvalue weighted by atomic mass is 16.2. The first-order chi connectivity index (χ1) is 9.38. The number of carbonyl (C=O) groups excluding carboxylic acids is 1. The summed E-state index contributed by atoms with van der Waals surface area (Å²) in [6.45, 7) is 6.76. The molecule has 0 bridgehead atoms. The predicted molar refractivity (Wildman–Crippen MR) is 77.3 cm³/mol. The third-order valence-corrected chi connectivity index (χ3v) is 3.08. The molecule has 0 spiro atoms. The molecule has 0 fully saturated rings. The summed E-state index contributed by atoms with van der Waals surface area (Å²) in [4.78, 5) is 22.2. The molecule has 2 heterocycles. The summed E-state index contributed by atoms with van der Waals surface area (Å²) in [6, 6.07) is 1.85. The summed E-state index contributed by atoms with van der Waals surface area (Å²) in [5.74, 6) is -0.0151. The molecule has 2 aromatic rings. The van der Waals surface area contributed by atoms with Crippen molar-refractivity contribution in [3.63, 3.8) is 0 Å². The van der Waals surface area contributed by atoms with Crippen LogP contribution < -0.4 is 0 Å². The lowest BCUT2D eigenvalue weighted by molar-refractivity contribution is 0.0783. The van der Waals surface area contributed by atoms with Crippen LogP contribution in [-0.4, -0.2) is 32.4 Å². The molecule has 0 unspecified atom stereocenters. The molecule has 0 saturated carbocycles. The van der Waals surface area contributed by atoms with Crippen molar-refractivity contribution < 1.29 is 4.79 Å². The molecule has 5 nitrogen and oxygen atoms in total. The van der Waals surface area contributed by atoms with E-state index in [9.17, 15) is 4.79 Å². The maximum absolute atomic E-state index is 12.4. The van der Waals surface area contributed by atoms with Gasteiger partial charge < -0.3 is 9.47 Å². The summed E-state index contributed by atoms with van der Waals surface area (Å²) >= 11 is 0. The minimum atomic E-state index is -0.0258. The van der Waals surface area contributed by atoms with E-state index in [1.807, 2.05) is 23.0 Å². The summed E-state index contributed by atoms with van der Waals surface area (Å²) in [5, 5.41) is 0. The van der Waals surface area contributed by atoms with Gasteiger partial charge >= 0.3 is 0 Å². The lowest BCUT2D eigenvalue weighted by atomic mass is 10.1. The summed E-state index contributed by atoms with van der Waals surface area (Å²) in [7, 11) is 1.77. The second-order valence-corrected chi connectivity index (χ2v) is 5.84. The summed E-state index contributed by atoms with van der Waals surface area (Å²) in [5.41, 5.74) is 1.44. The van der Waals surface area contributed by atoms with E-state index >= 15 is 0 Å². The van der Waals surface area contributed by atoms with Crippen molar-refractivity contribution in [2.45, 2.75) is 32.9 Å². The van der Waals surface area contributed by atoms with Crippen molar-refractivity contribution in [2.24, 2.45) is 0 Å². The zero-order valence-electron chi connectivity index (χ0n) is 12.4. The van der Waals surface area contributed by atoms with Crippen molar-refractivity contribution >= 4 is 5.91 Å². The smallest absolute Gasteiger partial charge is 0.255 e. The van der Waals surface area contributed by atoms with Crippen LogP contribution in [0.3, 0.4) is 0 Å². The van der Waals surface area contributed by atoms with E-state index in [1.165, 1.54) is 0 Å². The Balaban J connectivity index is 2.09. The van der Waals surface area contributed by atoms with Crippen molar-refractivity contribution in [3.05, 3.63) is 48.3 Å². The van der Waals surface area contributed by atoms with Crippen molar-refractivity contribution in [2.75, 3.05) is 7.05 Å². The number of nitrogens with zero attached hydrogens (tertiary/aromatic N) is 4. The second kappa shape index (κ2) is 5.45. The lowest BCUT2D eigenvalue weighted by Gasteiger charge is -2.21. The van der Waals surface area contributed by atoms with Gasteiger partial charge in [-0.2, -0.15) is 0 Å². The molecule has 0 N–H and O–H groups in total. The Hall–Kier alpha value is -2.17. The van der Waals surface area contributed by atoms with Crippen LogP contribution in [0.2, 0.25) is 0 Å². The molecule has 106 valence electrons. The van der Waals surface area contributed by atoms with Crippen LogP contribution in [0.1, 0.15) is 36.8 Å². The normalized spacial score (nSPS) is 11.4. The molecule has 0 saturated heterocycles. The fourth-order valence-electron chi connectivity index (χ4n) is 1.89. The molecular formula is C15H20N4O. The van der Waals surface area contributed by atoms with Crippen LogP contribution in [0.4, 0.5) is 0 Å². The largest absolute Gasteiger partial charge is 0.348 e. The third kappa shape index (κ3) is 3.23. The Morgan fingerprint density at radius 1 is 1.35 bits per heavy atom. The van der Waals surface area contributed by atoms with E-state index < -0.39 is 0 Å². The molecular weight excluding hydrogens is 252 g/mol. The third-order valence-electron chi connectivity index (χ3n) is 3.08. The van der Waals surface area contributed by atoms with E-state index in [0.29, 0.717) is 12.1 Å². The number of aromatic nitrogens is 3. The monoisotopic (exact) mass is 272 g/mol. The van der Waals surface area contributed by atoms with Gasteiger partial charge in [0.15, 0.2) is 0 Å². The Morgan fingerprint density at radius 3 is 2.65 bits per heavy atom. The Labute approximate surface area is 119 Å². The van der Waals surface area contributed by atoms with E-state index in [1.54, 1.807) is 30.5 Å². The standard InChI is InChI=1S/C15H20N4O/c1-15(2,3)19-8-5-12(10-19)14(20)18(4)11-13-9-16-6-7-17-13/h5-10H,11H2,1-4H3. The molecule has 0 radical (unpaired) electrons. The Morgan fingerprint density at radius 2 is 2.10 bits per heavy atom. The first kappa shape index (κ1) is 14.2. The van der Waals surface area contributed by atoms with Crippen LogP contribution in [0.15, 0.2) is 37.1 Å². The van der Waals surface area contributed by atoms with Gasteiger partial charge in [-0.1, -0.05) is 0 Å². The van der Waals surface area contributed by atoms with Gasteiger partial charge in [-0.05, 0) is 26.8 Å². The van der Waals surface area contributed by atoms with E-state index in [2.05, 4.69) is 30.7 Å². The molecule has 0 aliphatic heterocycles. The van der Waals surface area contributed by atoms with Gasteiger partial charge in [0.2, 0.25) is 0 Å². The predicted octanol–water partition coefficient (Wildman–Crippen LogP) is 2.31. The Bertz CT molecular complexity index is 583. The highest BCUT2D eigenvalue weighted by molar-refractivity contribution is 5.93. The van der Waals surface area contributed by atoms with E-state index in [4.69, 9.17) is 0 Å². The first-order valence-corrected chi connectivity index (χ1v) is 6.57. The van der Waals surface area contributed by atoms with Gasteiger partial charge in [0.25, 0.3) is 5.91 Å². The summed E-state index contributed by atoms with van der Waals surface area (Å²) in [6.07, 6.45) is 8.74. The number of hydrogen-bond donors (Lipinski definition) is 0. The number of amides is 1. The lowest BCUT2D eigenvalue weighted by Crippen LogP contribution is -2.26. The molecule has 1 amide bonds. The van der Waals surface area contributed by atoms with Gasteiger partial charge in [0.1, 0.15) is 0 Å². The van der Waals surface area contributed by atoms with Crippen molar-refractivity contribution in [1.82, 2.24) is 19.4 Å².